The lowest BCUT2D eigenvalue weighted by atomic mass is 9.94. The van der Waals surface area contributed by atoms with Gasteiger partial charge in [0, 0.05) is 17.6 Å². The molecule has 0 radical (unpaired) electrons. The van der Waals surface area contributed by atoms with E-state index in [1.54, 1.807) is 0 Å². The normalized spacial score (nSPS) is 12.6. The predicted octanol–water partition coefficient (Wildman–Crippen LogP) is 7.48. The molecule has 34 heavy (non-hydrogen) atoms. The summed E-state index contributed by atoms with van der Waals surface area (Å²) in [6.45, 7) is 13.1. The molecule has 3 aromatic heterocycles. The van der Waals surface area contributed by atoms with Crippen LogP contribution in [0.4, 0.5) is 0 Å². The molecule has 0 saturated heterocycles. The van der Waals surface area contributed by atoms with Crippen LogP contribution in [0.1, 0.15) is 59.4 Å². The van der Waals surface area contributed by atoms with Crippen molar-refractivity contribution in [3.8, 4) is 11.1 Å². The molecule has 0 saturated carbocycles. The summed E-state index contributed by atoms with van der Waals surface area (Å²) in [5.41, 5.74) is 11.8. The Bertz CT molecular complexity index is 1460. The number of hydrogen-bond acceptors (Lipinski definition) is 2. The molecule has 3 heterocycles. The Kier molecular flexibility index (Phi) is 5.76. The van der Waals surface area contributed by atoms with Crippen molar-refractivity contribution in [3.63, 3.8) is 0 Å². The summed E-state index contributed by atoms with van der Waals surface area (Å²) < 4.78 is 4.54. The number of aromatic nitrogens is 4. The second-order valence-electron chi connectivity index (χ2n) is 9.76. The van der Waals surface area contributed by atoms with Crippen molar-refractivity contribution in [2.75, 3.05) is 0 Å². The van der Waals surface area contributed by atoms with E-state index in [4.69, 9.17) is 10.1 Å². The zero-order chi connectivity index (χ0) is 24.0. The number of fused-ring (bicyclic) bond motifs is 3. The average Bonchev–Trinajstić information content (AvgIpc) is 3.36. The minimum atomic E-state index is 0.366. The van der Waals surface area contributed by atoms with Crippen LogP contribution < -0.4 is 0 Å². The molecule has 4 nitrogen and oxygen atoms in total. The molecule has 0 bridgehead atoms. The molecule has 0 N–H and O–H groups in total. The van der Waals surface area contributed by atoms with Crippen LogP contribution in [-0.2, 0) is 6.42 Å². The Morgan fingerprint density at radius 2 is 1.56 bits per heavy atom. The van der Waals surface area contributed by atoms with Gasteiger partial charge in [-0.2, -0.15) is 9.61 Å². The fourth-order valence-corrected chi connectivity index (χ4v) is 5.65. The Morgan fingerprint density at radius 1 is 0.853 bits per heavy atom. The quantitative estimate of drug-likeness (QED) is 0.269. The van der Waals surface area contributed by atoms with Crippen molar-refractivity contribution < 1.29 is 0 Å². The lowest BCUT2D eigenvalue weighted by Gasteiger charge is -2.20. The highest BCUT2D eigenvalue weighted by molar-refractivity contribution is 5.89. The second-order valence-corrected chi connectivity index (χ2v) is 9.76. The van der Waals surface area contributed by atoms with Crippen LogP contribution in [0.3, 0.4) is 0 Å². The number of aryl methyl sites for hydroxylation is 5. The molecule has 1 unspecified atom stereocenters. The Hall–Kier alpha value is -3.40. The second kappa shape index (κ2) is 8.75. The Labute approximate surface area is 202 Å². The van der Waals surface area contributed by atoms with Crippen LogP contribution >= 0.6 is 0 Å². The van der Waals surface area contributed by atoms with E-state index in [0.29, 0.717) is 6.04 Å². The van der Waals surface area contributed by atoms with Crippen molar-refractivity contribution >= 4 is 16.7 Å². The van der Waals surface area contributed by atoms with E-state index in [1.165, 1.54) is 33.2 Å². The van der Waals surface area contributed by atoms with E-state index in [9.17, 15) is 0 Å². The molecule has 0 aliphatic carbocycles. The van der Waals surface area contributed by atoms with E-state index in [2.05, 4.69) is 105 Å². The van der Waals surface area contributed by atoms with Crippen LogP contribution in [0.15, 0.2) is 54.7 Å². The molecule has 0 aliphatic rings. The molecule has 0 fully saturated rings. The van der Waals surface area contributed by atoms with Gasteiger partial charge in [-0.1, -0.05) is 61.4 Å². The van der Waals surface area contributed by atoms with Gasteiger partial charge in [-0.15, -0.1) is 0 Å². The summed E-state index contributed by atoms with van der Waals surface area (Å²) in [6, 6.07) is 17.9. The van der Waals surface area contributed by atoms with Gasteiger partial charge < -0.3 is 4.57 Å². The number of nitrogens with zero attached hydrogens (tertiary/aromatic N) is 4. The van der Waals surface area contributed by atoms with Gasteiger partial charge in [0.25, 0.3) is 0 Å². The third kappa shape index (κ3) is 3.71. The van der Waals surface area contributed by atoms with Gasteiger partial charge in [0.15, 0.2) is 5.65 Å². The highest BCUT2D eigenvalue weighted by Gasteiger charge is 2.23. The standard InChI is InChI=1S/C30H34N4/c1-7-11-25(18-24-12-9-8-10-13-24)33-15-14-26-22(5)31-29-28(23(6)32-34(29)30(26)33)27-20(3)16-19(2)17-21(27)4/h8-10,12-17,25H,7,11,18H2,1-6H3. The van der Waals surface area contributed by atoms with E-state index < -0.39 is 0 Å². The van der Waals surface area contributed by atoms with Crippen LogP contribution in [0.25, 0.3) is 27.8 Å². The van der Waals surface area contributed by atoms with Crippen molar-refractivity contribution in [2.24, 2.45) is 0 Å². The highest BCUT2D eigenvalue weighted by atomic mass is 15.3. The van der Waals surface area contributed by atoms with Gasteiger partial charge in [-0.25, -0.2) is 4.98 Å². The Balaban J connectivity index is 1.76. The fraction of sp³-hybridized carbons (Fsp3) is 0.333. The first-order valence-corrected chi connectivity index (χ1v) is 12.4. The molecule has 0 spiro atoms. The molecular formula is C30H34N4. The lowest BCUT2D eigenvalue weighted by molar-refractivity contribution is 0.466. The molecule has 1 atom stereocenters. The van der Waals surface area contributed by atoms with Gasteiger partial charge >= 0.3 is 0 Å². The van der Waals surface area contributed by atoms with Gasteiger partial charge in [-0.05, 0) is 75.8 Å². The zero-order valence-electron chi connectivity index (χ0n) is 21.2. The van der Waals surface area contributed by atoms with E-state index in [1.807, 2.05) is 0 Å². The fourth-order valence-electron chi connectivity index (χ4n) is 5.65. The molecule has 5 rings (SSSR count). The maximum atomic E-state index is 5.10. The summed E-state index contributed by atoms with van der Waals surface area (Å²) in [7, 11) is 0. The van der Waals surface area contributed by atoms with Gasteiger partial charge in [0.05, 0.1) is 17.0 Å². The third-order valence-corrected chi connectivity index (χ3v) is 7.04. The summed E-state index contributed by atoms with van der Waals surface area (Å²) in [5.74, 6) is 0. The molecule has 0 amide bonds. The minimum absolute atomic E-state index is 0.366. The van der Waals surface area contributed by atoms with Crippen LogP contribution in [0.5, 0.6) is 0 Å². The number of benzene rings is 2. The van der Waals surface area contributed by atoms with E-state index >= 15 is 0 Å². The maximum Gasteiger partial charge on any atom is 0.165 e. The predicted molar refractivity (Wildman–Crippen MR) is 142 cm³/mol. The molecule has 2 aromatic carbocycles. The van der Waals surface area contributed by atoms with Crippen LogP contribution in [0.2, 0.25) is 0 Å². The van der Waals surface area contributed by atoms with Crippen LogP contribution in [-0.4, -0.2) is 19.2 Å². The summed E-state index contributed by atoms with van der Waals surface area (Å²) in [4.78, 5) is 5.10. The SMILES string of the molecule is CCCC(Cc1ccccc1)n1ccc2c(C)nc3c(-c4c(C)cc(C)cc4C)c(C)nn3c21. The summed E-state index contributed by atoms with van der Waals surface area (Å²) >= 11 is 0. The van der Waals surface area contributed by atoms with Gasteiger partial charge in [0.1, 0.15) is 5.65 Å². The first-order valence-electron chi connectivity index (χ1n) is 12.4. The van der Waals surface area contributed by atoms with Gasteiger partial charge in [-0.3, -0.25) is 0 Å². The maximum absolute atomic E-state index is 5.10. The van der Waals surface area contributed by atoms with Crippen molar-refractivity contribution in [3.05, 3.63) is 88.4 Å². The molecule has 5 aromatic rings. The minimum Gasteiger partial charge on any atom is -0.329 e. The molecule has 4 heteroatoms. The first-order chi connectivity index (χ1) is 16.4. The average molecular weight is 451 g/mol. The lowest BCUT2D eigenvalue weighted by Crippen LogP contribution is -2.13. The molecule has 174 valence electrons. The smallest absolute Gasteiger partial charge is 0.165 e. The molecule has 0 aliphatic heterocycles. The first kappa shape index (κ1) is 22.4. The largest absolute Gasteiger partial charge is 0.329 e. The summed E-state index contributed by atoms with van der Waals surface area (Å²) in [5, 5.41) is 6.25. The third-order valence-electron chi connectivity index (χ3n) is 7.04. The number of rotatable bonds is 6. The van der Waals surface area contributed by atoms with Crippen LogP contribution in [0, 0.1) is 34.6 Å². The number of hydrogen-bond donors (Lipinski definition) is 0. The van der Waals surface area contributed by atoms with Crippen molar-refractivity contribution in [1.29, 1.82) is 0 Å². The monoisotopic (exact) mass is 450 g/mol. The highest BCUT2D eigenvalue weighted by Crippen LogP contribution is 2.36. The van der Waals surface area contributed by atoms with Gasteiger partial charge in [0.2, 0.25) is 0 Å². The topological polar surface area (TPSA) is 35.1 Å². The Morgan fingerprint density at radius 3 is 2.24 bits per heavy atom. The van der Waals surface area contributed by atoms with Crippen molar-refractivity contribution in [2.45, 2.75) is 66.8 Å². The summed E-state index contributed by atoms with van der Waals surface area (Å²) in [6.07, 6.45) is 5.49. The molecular weight excluding hydrogens is 416 g/mol. The van der Waals surface area contributed by atoms with E-state index in [0.717, 1.165) is 47.5 Å². The van der Waals surface area contributed by atoms with E-state index in [-0.39, 0.29) is 0 Å². The zero-order valence-corrected chi connectivity index (χ0v) is 21.2. The van der Waals surface area contributed by atoms with Crippen molar-refractivity contribution in [1.82, 2.24) is 19.2 Å².